The molecule has 0 amide bonds. The van der Waals surface area contributed by atoms with Gasteiger partial charge in [0, 0.05) is 25.6 Å². The van der Waals surface area contributed by atoms with E-state index >= 15 is 0 Å². The lowest BCUT2D eigenvalue weighted by molar-refractivity contribution is -0.211. The molecule has 0 N–H and O–H groups in total. The molecule has 40 heavy (non-hydrogen) atoms. The highest BCUT2D eigenvalue weighted by atomic mass is 28.4. The average molecular weight is 575 g/mol. The van der Waals surface area contributed by atoms with Crippen molar-refractivity contribution in [2.24, 2.45) is 46.3 Å². The Morgan fingerprint density at radius 1 is 1.00 bits per heavy atom. The van der Waals surface area contributed by atoms with E-state index in [-0.39, 0.29) is 17.4 Å². The molecular weight excluding hydrogens is 512 g/mol. The Morgan fingerprint density at radius 2 is 1.73 bits per heavy atom. The van der Waals surface area contributed by atoms with Gasteiger partial charge in [-0.1, -0.05) is 41.5 Å². The van der Waals surface area contributed by atoms with E-state index < -0.39 is 8.32 Å². The van der Waals surface area contributed by atoms with E-state index in [2.05, 4.69) is 54.6 Å². The van der Waals surface area contributed by atoms with Gasteiger partial charge >= 0.3 is 0 Å². The first-order valence-electron chi connectivity index (χ1n) is 17.2. The first-order valence-corrected chi connectivity index (χ1v) is 20.1. The summed E-state index contributed by atoms with van der Waals surface area (Å²) in [6, 6.07) is 0. The minimum Gasteiger partial charge on any atom is -0.417 e. The molecule has 10 atom stereocenters. The number of ketones is 1. The van der Waals surface area contributed by atoms with E-state index in [4.69, 9.17) is 13.9 Å². The van der Waals surface area contributed by atoms with Gasteiger partial charge in [-0.25, -0.2) is 0 Å². The molecule has 5 aliphatic rings. The van der Waals surface area contributed by atoms with Crippen molar-refractivity contribution >= 4 is 14.1 Å². The Balaban J connectivity index is 1.19. The molecule has 5 heteroatoms. The minimum absolute atomic E-state index is 0.0124. The second kappa shape index (κ2) is 11.7. The number of rotatable bonds is 8. The molecule has 4 unspecified atom stereocenters. The van der Waals surface area contributed by atoms with Crippen LogP contribution in [0.1, 0.15) is 125 Å². The van der Waals surface area contributed by atoms with E-state index in [1.807, 2.05) is 0 Å². The topological polar surface area (TPSA) is 44.8 Å². The Kier molecular flexibility index (Phi) is 9.12. The normalized spacial score (nSPS) is 43.1. The SMILES string of the molecule is C[C@@H](CCCO[Si](C)(C)C(C)(C)C)[C@H]1CCC2C3C(=O)C[C@@H]4C[C@@H](OC5CCCCO5)CC[C@]4(C)C3CC[C@@]21C. The van der Waals surface area contributed by atoms with Crippen molar-refractivity contribution in [1.82, 2.24) is 0 Å². The van der Waals surface area contributed by atoms with E-state index in [9.17, 15) is 4.79 Å². The van der Waals surface area contributed by atoms with Gasteiger partial charge in [0.15, 0.2) is 14.6 Å². The van der Waals surface area contributed by atoms with Gasteiger partial charge in [-0.05, 0) is 136 Å². The van der Waals surface area contributed by atoms with Crippen molar-refractivity contribution in [3.63, 3.8) is 0 Å². The van der Waals surface area contributed by atoms with Crippen molar-refractivity contribution in [1.29, 1.82) is 0 Å². The number of carbonyl (C=O) groups excluding carboxylic acids is 1. The summed E-state index contributed by atoms with van der Waals surface area (Å²) in [5.41, 5.74) is 0.635. The third-order valence-electron chi connectivity index (χ3n) is 13.7. The third kappa shape index (κ3) is 5.81. The fourth-order valence-electron chi connectivity index (χ4n) is 10.2. The maximum absolute atomic E-state index is 14.0. The summed E-state index contributed by atoms with van der Waals surface area (Å²) >= 11 is 0. The Labute approximate surface area is 247 Å². The summed E-state index contributed by atoms with van der Waals surface area (Å²) in [4.78, 5) is 14.0. The zero-order valence-corrected chi connectivity index (χ0v) is 28.4. The second-order valence-corrected chi connectivity index (χ2v) is 21.7. The van der Waals surface area contributed by atoms with E-state index in [1.54, 1.807) is 0 Å². The number of hydrogen-bond acceptors (Lipinski definition) is 4. The summed E-state index contributed by atoms with van der Waals surface area (Å²) in [5.74, 6) is 4.04. The summed E-state index contributed by atoms with van der Waals surface area (Å²) < 4.78 is 18.9. The molecular formula is C35H62O4Si. The highest BCUT2D eigenvalue weighted by Gasteiger charge is 2.63. The molecule has 4 saturated carbocycles. The van der Waals surface area contributed by atoms with Crippen LogP contribution in [0.3, 0.4) is 0 Å². The second-order valence-electron chi connectivity index (χ2n) is 16.9. The van der Waals surface area contributed by atoms with Crippen LogP contribution >= 0.6 is 0 Å². The fourth-order valence-corrected chi connectivity index (χ4v) is 11.3. The summed E-state index contributed by atoms with van der Waals surface area (Å²) in [6.07, 6.45) is 15.5. The predicted octanol–water partition coefficient (Wildman–Crippen LogP) is 9.17. The number of ether oxygens (including phenoxy) is 2. The molecule has 0 aromatic heterocycles. The predicted molar refractivity (Wildman–Crippen MR) is 166 cm³/mol. The summed E-state index contributed by atoms with van der Waals surface area (Å²) in [5, 5.41) is 0.279. The van der Waals surface area contributed by atoms with Gasteiger partial charge in [0.25, 0.3) is 0 Å². The number of hydrogen-bond donors (Lipinski definition) is 0. The first-order chi connectivity index (χ1) is 18.8. The van der Waals surface area contributed by atoms with Crippen LogP contribution in [-0.4, -0.2) is 39.7 Å². The van der Waals surface area contributed by atoms with Crippen molar-refractivity contribution < 1.29 is 18.7 Å². The smallest absolute Gasteiger partial charge is 0.191 e. The molecule has 0 spiro atoms. The highest BCUT2D eigenvalue weighted by Crippen LogP contribution is 2.67. The van der Waals surface area contributed by atoms with Gasteiger partial charge in [0.1, 0.15) is 5.78 Å². The van der Waals surface area contributed by atoms with Crippen LogP contribution in [0.25, 0.3) is 0 Å². The molecule has 1 saturated heterocycles. The molecule has 1 heterocycles. The van der Waals surface area contributed by atoms with Gasteiger partial charge in [0.2, 0.25) is 0 Å². The molecule has 1 aliphatic heterocycles. The first kappa shape index (κ1) is 31.2. The van der Waals surface area contributed by atoms with Crippen molar-refractivity contribution in [2.75, 3.05) is 13.2 Å². The Hall–Kier alpha value is -0.233. The van der Waals surface area contributed by atoms with Crippen molar-refractivity contribution in [2.45, 2.75) is 156 Å². The molecule has 0 aromatic rings. The van der Waals surface area contributed by atoms with Crippen LogP contribution < -0.4 is 0 Å². The number of carbonyl (C=O) groups is 1. The van der Waals surface area contributed by atoms with Crippen molar-refractivity contribution in [3.8, 4) is 0 Å². The number of fused-ring (bicyclic) bond motifs is 5. The monoisotopic (exact) mass is 574 g/mol. The van der Waals surface area contributed by atoms with Gasteiger partial charge in [-0.3, -0.25) is 4.79 Å². The molecule has 4 aliphatic carbocycles. The standard InChI is InChI=1S/C35H62O4Si/c1-24(12-11-21-38-40(7,8)33(2,3)4)27-14-15-28-32-29(17-19-35(27,28)6)34(5)18-16-26(22-25(34)23-30(32)36)39-31-13-9-10-20-37-31/h24-29,31-32H,9-23H2,1-8H3/t24-,25-,26-,27+,28?,29?,31?,32?,34-,35+/m0/s1. The average Bonchev–Trinajstić information content (AvgIpc) is 3.24. The molecule has 0 radical (unpaired) electrons. The fraction of sp³-hybridized carbons (Fsp3) is 0.971. The maximum Gasteiger partial charge on any atom is 0.191 e. The lowest BCUT2D eigenvalue weighted by Crippen LogP contribution is -2.57. The molecule has 4 nitrogen and oxygen atoms in total. The van der Waals surface area contributed by atoms with E-state index in [1.165, 1.54) is 51.4 Å². The van der Waals surface area contributed by atoms with Crippen LogP contribution in [0, 0.1) is 46.3 Å². The van der Waals surface area contributed by atoms with E-state index in [0.29, 0.717) is 46.2 Å². The van der Waals surface area contributed by atoms with Crippen LogP contribution in [0.15, 0.2) is 0 Å². The third-order valence-corrected chi connectivity index (χ3v) is 18.3. The molecule has 0 aromatic carbocycles. The van der Waals surface area contributed by atoms with Crippen molar-refractivity contribution in [3.05, 3.63) is 0 Å². The van der Waals surface area contributed by atoms with Gasteiger partial charge < -0.3 is 13.9 Å². The van der Waals surface area contributed by atoms with Crippen LogP contribution in [0.5, 0.6) is 0 Å². The van der Waals surface area contributed by atoms with E-state index in [0.717, 1.165) is 51.2 Å². The molecule has 0 bridgehead atoms. The highest BCUT2D eigenvalue weighted by molar-refractivity contribution is 6.74. The number of Topliss-reactive ketones (excluding diaryl/α,β-unsaturated/α-hetero) is 1. The Bertz CT molecular complexity index is 890. The Morgan fingerprint density at radius 3 is 2.42 bits per heavy atom. The minimum atomic E-state index is -1.67. The van der Waals surface area contributed by atoms with Gasteiger partial charge in [-0.15, -0.1) is 0 Å². The van der Waals surface area contributed by atoms with Gasteiger partial charge in [-0.2, -0.15) is 0 Å². The molecule has 5 fully saturated rings. The summed E-state index contributed by atoms with van der Waals surface area (Å²) in [6.45, 7) is 21.1. The zero-order chi connectivity index (χ0) is 28.9. The lowest BCUT2D eigenvalue weighted by Gasteiger charge is -2.60. The largest absolute Gasteiger partial charge is 0.417 e. The zero-order valence-electron chi connectivity index (χ0n) is 27.4. The lowest BCUT2D eigenvalue weighted by atomic mass is 9.44. The summed E-state index contributed by atoms with van der Waals surface area (Å²) in [7, 11) is -1.67. The van der Waals surface area contributed by atoms with Crippen LogP contribution in [-0.2, 0) is 18.7 Å². The molecule has 230 valence electrons. The maximum atomic E-state index is 14.0. The quantitative estimate of drug-likeness (QED) is 0.165. The van der Waals surface area contributed by atoms with Crippen LogP contribution in [0.4, 0.5) is 0 Å². The van der Waals surface area contributed by atoms with Gasteiger partial charge in [0.05, 0.1) is 6.10 Å². The molecule has 5 rings (SSSR count). The van der Waals surface area contributed by atoms with Crippen LogP contribution in [0.2, 0.25) is 18.1 Å².